The molecule has 146 valence electrons. The van der Waals surface area contributed by atoms with Crippen LogP contribution < -0.4 is 25.8 Å². The molecule has 2 aromatic carbocycles. The first kappa shape index (κ1) is 22.6. The van der Waals surface area contributed by atoms with E-state index in [1.165, 1.54) is 0 Å². The summed E-state index contributed by atoms with van der Waals surface area (Å²) in [6.07, 6.45) is 0. The molecule has 2 rings (SSSR count). The van der Waals surface area contributed by atoms with Crippen LogP contribution in [0.15, 0.2) is 53.5 Å². The Bertz CT molecular complexity index is 751. The Morgan fingerprint density at radius 1 is 1.11 bits per heavy atom. The molecule has 0 atom stereocenters. The molecule has 0 aliphatic heterocycles. The summed E-state index contributed by atoms with van der Waals surface area (Å²) in [7, 11) is 3.32. The van der Waals surface area contributed by atoms with E-state index in [0.717, 1.165) is 17.1 Å². The number of aliphatic imine (C=N–C) groups is 1. The van der Waals surface area contributed by atoms with Crippen LogP contribution in [0.5, 0.6) is 11.5 Å². The molecule has 0 unspecified atom stereocenters. The summed E-state index contributed by atoms with van der Waals surface area (Å²) >= 11 is 0. The van der Waals surface area contributed by atoms with E-state index >= 15 is 0 Å². The average Bonchev–Trinajstić information content (AvgIpc) is 2.68. The maximum absolute atomic E-state index is 11.2. The molecular formula is C19H25IN4O3. The van der Waals surface area contributed by atoms with Crippen molar-refractivity contribution >= 4 is 35.8 Å². The van der Waals surface area contributed by atoms with Gasteiger partial charge in [0, 0.05) is 19.2 Å². The minimum absolute atomic E-state index is 0. The number of hydrogen-bond donors (Lipinski definition) is 3. The van der Waals surface area contributed by atoms with E-state index in [-0.39, 0.29) is 24.0 Å². The quantitative estimate of drug-likeness (QED) is 0.231. The van der Waals surface area contributed by atoms with Crippen molar-refractivity contribution in [3.8, 4) is 11.5 Å². The fourth-order valence-electron chi connectivity index (χ4n) is 2.25. The smallest absolute Gasteiger partial charge is 0.248 e. The fourth-order valence-corrected chi connectivity index (χ4v) is 2.25. The zero-order chi connectivity index (χ0) is 18.8. The molecule has 0 radical (unpaired) electrons. The summed E-state index contributed by atoms with van der Waals surface area (Å²) in [6.45, 7) is 1.61. The van der Waals surface area contributed by atoms with Gasteiger partial charge in [0.1, 0.15) is 18.1 Å². The van der Waals surface area contributed by atoms with Crippen molar-refractivity contribution in [2.75, 3.05) is 27.3 Å². The summed E-state index contributed by atoms with van der Waals surface area (Å²) in [6, 6.07) is 14.6. The molecule has 0 aromatic heterocycles. The SMILES string of the molecule is CN=C(NCCOc1ccc(OC)cc1)NCc1cccc(C(N)=O)c1.I. The Hall–Kier alpha value is -2.49. The number of amides is 1. The predicted molar refractivity (Wildman–Crippen MR) is 117 cm³/mol. The van der Waals surface area contributed by atoms with Gasteiger partial charge >= 0.3 is 0 Å². The van der Waals surface area contributed by atoms with E-state index in [9.17, 15) is 4.79 Å². The maximum atomic E-state index is 11.2. The van der Waals surface area contributed by atoms with Gasteiger partial charge in [0.15, 0.2) is 5.96 Å². The molecule has 0 heterocycles. The van der Waals surface area contributed by atoms with Crippen molar-refractivity contribution in [2.45, 2.75) is 6.54 Å². The normalized spacial score (nSPS) is 10.5. The molecule has 0 saturated heterocycles. The van der Waals surface area contributed by atoms with Gasteiger partial charge in [-0.3, -0.25) is 9.79 Å². The van der Waals surface area contributed by atoms with Crippen LogP contribution in [0.25, 0.3) is 0 Å². The van der Waals surface area contributed by atoms with E-state index in [0.29, 0.717) is 31.2 Å². The van der Waals surface area contributed by atoms with E-state index < -0.39 is 5.91 Å². The van der Waals surface area contributed by atoms with Crippen molar-refractivity contribution in [2.24, 2.45) is 10.7 Å². The molecule has 0 aliphatic carbocycles. The van der Waals surface area contributed by atoms with E-state index in [1.54, 1.807) is 32.4 Å². The lowest BCUT2D eigenvalue weighted by Crippen LogP contribution is -2.38. The molecular weight excluding hydrogens is 459 g/mol. The fraction of sp³-hybridized carbons (Fsp3) is 0.263. The van der Waals surface area contributed by atoms with Crippen molar-refractivity contribution in [3.63, 3.8) is 0 Å². The number of methoxy groups -OCH3 is 1. The number of benzene rings is 2. The van der Waals surface area contributed by atoms with Crippen LogP contribution in [-0.2, 0) is 6.54 Å². The van der Waals surface area contributed by atoms with Crippen LogP contribution in [0.1, 0.15) is 15.9 Å². The number of ether oxygens (including phenoxy) is 2. The summed E-state index contributed by atoms with van der Waals surface area (Å²) in [5, 5.41) is 6.35. The lowest BCUT2D eigenvalue weighted by atomic mass is 10.1. The third kappa shape index (κ3) is 7.73. The van der Waals surface area contributed by atoms with Crippen LogP contribution in [0.2, 0.25) is 0 Å². The van der Waals surface area contributed by atoms with Gasteiger partial charge in [-0.2, -0.15) is 0 Å². The standard InChI is InChI=1S/C19H24N4O3.HI/c1-21-19(23-13-14-4-3-5-15(12-14)18(20)24)22-10-11-26-17-8-6-16(25-2)7-9-17;/h3-9,12H,10-11,13H2,1-2H3,(H2,20,24)(H2,21,22,23);1H. The largest absolute Gasteiger partial charge is 0.497 e. The Morgan fingerprint density at radius 3 is 2.44 bits per heavy atom. The second kappa shape index (κ2) is 12.0. The second-order valence-electron chi connectivity index (χ2n) is 5.44. The Balaban J connectivity index is 0.00000364. The van der Waals surface area contributed by atoms with Crippen LogP contribution in [0.4, 0.5) is 0 Å². The van der Waals surface area contributed by atoms with Gasteiger partial charge in [-0.05, 0) is 42.0 Å². The molecule has 0 saturated carbocycles. The van der Waals surface area contributed by atoms with Crippen LogP contribution in [-0.4, -0.2) is 39.2 Å². The number of halogens is 1. The number of primary amides is 1. The Kier molecular flexibility index (Phi) is 10.0. The minimum Gasteiger partial charge on any atom is -0.497 e. The van der Waals surface area contributed by atoms with Crippen molar-refractivity contribution in [1.29, 1.82) is 0 Å². The highest BCUT2D eigenvalue weighted by Gasteiger charge is 2.03. The van der Waals surface area contributed by atoms with E-state index in [4.69, 9.17) is 15.2 Å². The van der Waals surface area contributed by atoms with E-state index in [1.807, 2.05) is 30.3 Å². The van der Waals surface area contributed by atoms with E-state index in [2.05, 4.69) is 15.6 Å². The molecule has 27 heavy (non-hydrogen) atoms. The van der Waals surface area contributed by atoms with Crippen molar-refractivity contribution < 1.29 is 14.3 Å². The number of hydrogen-bond acceptors (Lipinski definition) is 4. The van der Waals surface area contributed by atoms with Crippen LogP contribution in [0, 0.1) is 0 Å². The van der Waals surface area contributed by atoms with Gasteiger partial charge in [0.2, 0.25) is 5.91 Å². The van der Waals surface area contributed by atoms with Gasteiger partial charge in [0.25, 0.3) is 0 Å². The maximum Gasteiger partial charge on any atom is 0.248 e. The highest BCUT2D eigenvalue weighted by molar-refractivity contribution is 14.0. The molecule has 0 fully saturated rings. The van der Waals surface area contributed by atoms with Crippen LogP contribution in [0.3, 0.4) is 0 Å². The summed E-state index contributed by atoms with van der Waals surface area (Å²) in [4.78, 5) is 15.4. The number of nitrogens with one attached hydrogen (secondary N) is 2. The Morgan fingerprint density at radius 2 is 1.81 bits per heavy atom. The average molecular weight is 484 g/mol. The number of nitrogens with two attached hydrogens (primary N) is 1. The molecule has 7 nitrogen and oxygen atoms in total. The molecule has 4 N–H and O–H groups in total. The van der Waals surface area contributed by atoms with Crippen molar-refractivity contribution in [1.82, 2.24) is 10.6 Å². The first-order chi connectivity index (χ1) is 12.6. The summed E-state index contributed by atoms with van der Waals surface area (Å²) in [5.41, 5.74) is 6.72. The van der Waals surface area contributed by atoms with Crippen molar-refractivity contribution in [3.05, 3.63) is 59.7 Å². The number of carbonyl (C=O) groups is 1. The molecule has 1 amide bonds. The Labute approximate surface area is 176 Å². The first-order valence-corrected chi connectivity index (χ1v) is 8.22. The lowest BCUT2D eigenvalue weighted by molar-refractivity contribution is 0.1000. The summed E-state index contributed by atoms with van der Waals surface area (Å²) in [5.74, 6) is 1.78. The second-order valence-corrected chi connectivity index (χ2v) is 5.44. The minimum atomic E-state index is -0.440. The first-order valence-electron chi connectivity index (χ1n) is 8.22. The molecule has 8 heteroatoms. The van der Waals surface area contributed by atoms with Crippen LogP contribution >= 0.6 is 24.0 Å². The molecule has 0 bridgehead atoms. The topological polar surface area (TPSA) is 98.0 Å². The summed E-state index contributed by atoms with van der Waals surface area (Å²) < 4.78 is 10.8. The predicted octanol–water partition coefficient (Wildman–Crippen LogP) is 2.16. The monoisotopic (exact) mass is 484 g/mol. The highest BCUT2D eigenvalue weighted by Crippen LogP contribution is 2.16. The molecule has 2 aromatic rings. The molecule has 0 aliphatic rings. The van der Waals surface area contributed by atoms with Gasteiger partial charge in [-0.15, -0.1) is 24.0 Å². The molecule has 0 spiro atoms. The number of rotatable bonds is 8. The van der Waals surface area contributed by atoms with Gasteiger partial charge < -0.3 is 25.8 Å². The van der Waals surface area contributed by atoms with Gasteiger partial charge in [-0.25, -0.2) is 0 Å². The number of carbonyl (C=O) groups excluding carboxylic acids is 1. The lowest BCUT2D eigenvalue weighted by Gasteiger charge is -2.13. The number of guanidine groups is 1. The zero-order valence-corrected chi connectivity index (χ0v) is 17.7. The zero-order valence-electron chi connectivity index (χ0n) is 15.4. The van der Waals surface area contributed by atoms with Gasteiger partial charge in [0.05, 0.1) is 13.7 Å². The van der Waals surface area contributed by atoms with Gasteiger partial charge in [-0.1, -0.05) is 12.1 Å². The third-order valence-corrected chi connectivity index (χ3v) is 3.62. The third-order valence-electron chi connectivity index (χ3n) is 3.62. The highest BCUT2D eigenvalue weighted by atomic mass is 127. The number of nitrogens with zero attached hydrogens (tertiary/aromatic N) is 1.